The number of fused-ring (bicyclic) bond motifs is 1. The Balaban J connectivity index is 2.61. The van der Waals surface area contributed by atoms with Crippen molar-refractivity contribution in [2.24, 2.45) is 0 Å². The average Bonchev–Trinajstić information content (AvgIpc) is 2.62. The van der Waals surface area contributed by atoms with Gasteiger partial charge in [0.1, 0.15) is 6.07 Å². The van der Waals surface area contributed by atoms with Gasteiger partial charge >= 0.3 is 5.97 Å². The lowest BCUT2D eigenvalue weighted by Gasteiger charge is -2.02. The molecule has 2 rings (SSSR count). The predicted octanol–water partition coefficient (Wildman–Crippen LogP) is 1.14. The molecule has 1 N–H and O–H groups in total. The van der Waals surface area contributed by atoms with Gasteiger partial charge in [-0.25, -0.2) is 9.78 Å². The van der Waals surface area contributed by atoms with Gasteiger partial charge in [0.05, 0.1) is 5.56 Å². The molecular weight excluding hydrogens is 180 g/mol. The first kappa shape index (κ1) is 8.70. The zero-order chi connectivity index (χ0) is 10.1. The number of nitrogens with zero attached hydrogens (tertiary/aromatic N) is 2. The summed E-state index contributed by atoms with van der Waals surface area (Å²) >= 11 is 0. The molecule has 1 heterocycles. The summed E-state index contributed by atoms with van der Waals surface area (Å²) < 4.78 is 0. The highest BCUT2D eigenvalue weighted by molar-refractivity contribution is 5.88. The highest BCUT2D eigenvalue weighted by Crippen LogP contribution is 2.22. The van der Waals surface area contributed by atoms with Crippen molar-refractivity contribution < 1.29 is 9.90 Å². The maximum atomic E-state index is 10.8. The molecule has 0 radical (unpaired) electrons. The van der Waals surface area contributed by atoms with Crippen molar-refractivity contribution in [2.45, 2.75) is 19.3 Å². The van der Waals surface area contributed by atoms with Crippen LogP contribution in [0.3, 0.4) is 0 Å². The number of carboxylic acid groups (broad SMARTS) is 1. The summed E-state index contributed by atoms with van der Waals surface area (Å²) in [5.41, 5.74) is 1.90. The average molecular weight is 188 g/mol. The Morgan fingerprint density at radius 2 is 2.36 bits per heavy atom. The van der Waals surface area contributed by atoms with Crippen molar-refractivity contribution in [3.63, 3.8) is 0 Å². The Morgan fingerprint density at radius 1 is 1.57 bits per heavy atom. The molecule has 14 heavy (non-hydrogen) atoms. The van der Waals surface area contributed by atoms with Crippen molar-refractivity contribution in [3.8, 4) is 6.07 Å². The van der Waals surface area contributed by atoms with Crippen molar-refractivity contribution in [3.05, 3.63) is 28.6 Å². The Kier molecular flexibility index (Phi) is 1.93. The van der Waals surface area contributed by atoms with E-state index in [4.69, 9.17) is 10.4 Å². The van der Waals surface area contributed by atoms with Crippen molar-refractivity contribution in [2.75, 3.05) is 0 Å². The number of hydrogen-bond donors (Lipinski definition) is 1. The number of aryl methyl sites for hydroxylation is 2. The number of nitriles is 1. The quantitative estimate of drug-likeness (QED) is 0.717. The lowest BCUT2D eigenvalue weighted by atomic mass is 10.1. The van der Waals surface area contributed by atoms with Crippen LogP contribution in [0.5, 0.6) is 0 Å². The number of carboxylic acids is 1. The number of aromatic carboxylic acids is 1. The zero-order valence-corrected chi connectivity index (χ0v) is 7.45. The highest BCUT2D eigenvalue weighted by atomic mass is 16.4. The van der Waals surface area contributed by atoms with Gasteiger partial charge in [-0.05, 0) is 30.9 Å². The van der Waals surface area contributed by atoms with Gasteiger partial charge in [-0.1, -0.05) is 0 Å². The molecule has 1 aliphatic rings. The summed E-state index contributed by atoms with van der Waals surface area (Å²) in [5.74, 6) is -1.13. The lowest BCUT2D eigenvalue weighted by Crippen LogP contribution is -2.06. The second kappa shape index (κ2) is 3.11. The minimum atomic E-state index is -1.13. The van der Waals surface area contributed by atoms with Gasteiger partial charge in [-0.15, -0.1) is 0 Å². The molecule has 70 valence electrons. The van der Waals surface area contributed by atoms with Crippen LogP contribution in [0.15, 0.2) is 6.07 Å². The number of pyridine rings is 1. The molecule has 0 unspecified atom stereocenters. The van der Waals surface area contributed by atoms with E-state index in [9.17, 15) is 4.79 Å². The van der Waals surface area contributed by atoms with Gasteiger partial charge in [-0.3, -0.25) is 0 Å². The Morgan fingerprint density at radius 3 is 3.00 bits per heavy atom. The van der Waals surface area contributed by atoms with Gasteiger partial charge in [-0.2, -0.15) is 5.26 Å². The minimum absolute atomic E-state index is 0.117. The summed E-state index contributed by atoms with van der Waals surface area (Å²) in [4.78, 5) is 14.8. The molecule has 0 bridgehead atoms. The summed E-state index contributed by atoms with van der Waals surface area (Å²) in [7, 11) is 0. The number of aromatic nitrogens is 1. The zero-order valence-electron chi connectivity index (χ0n) is 7.45. The number of carbonyl (C=O) groups is 1. The SMILES string of the molecule is N#Cc1cc2c(nc1C(=O)O)CCC2. The molecule has 0 saturated carbocycles. The number of hydrogen-bond acceptors (Lipinski definition) is 3. The summed E-state index contributed by atoms with van der Waals surface area (Å²) in [6, 6.07) is 3.51. The molecule has 0 fully saturated rings. The summed E-state index contributed by atoms with van der Waals surface area (Å²) in [5, 5.41) is 17.6. The van der Waals surface area contributed by atoms with E-state index in [0.29, 0.717) is 0 Å². The van der Waals surface area contributed by atoms with E-state index in [1.54, 1.807) is 6.07 Å². The van der Waals surface area contributed by atoms with Gasteiger partial charge in [0.25, 0.3) is 0 Å². The first-order valence-corrected chi connectivity index (χ1v) is 4.38. The fraction of sp³-hybridized carbons (Fsp3) is 0.300. The topological polar surface area (TPSA) is 74.0 Å². The molecule has 0 atom stereocenters. The normalized spacial score (nSPS) is 13.4. The molecular formula is C10H8N2O2. The summed E-state index contributed by atoms with van der Waals surface area (Å²) in [6.45, 7) is 0. The first-order valence-electron chi connectivity index (χ1n) is 4.38. The van der Waals surface area contributed by atoms with Crippen LogP contribution in [0, 0.1) is 11.3 Å². The van der Waals surface area contributed by atoms with Crippen LogP contribution in [-0.4, -0.2) is 16.1 Å². The van der Waals surface area contributed by atoms with Gasteiger partial charge in [0, 0.05) is 5.69 Å². The third kappa shape index (κ3) is 1.23. The molecule has 0 saturated heterocycles. The van der Waals surface area contributed by atoms with Gasteiger partial charge < -0.3 is 5.11 Å². The van der Waals surface area contributed by atoms with E-state index in [2.05, 4.69) is 4.98 Å². The standard InChI is InChI=1S/C10H8N2O2/c11-5-7-4-6-2-1-3-8(6)12-9(7)10(13)14/h4H,1-3H2,(H,13,14). The van der Waals surface area contributed by atoms with E-state index in [-0.39, 0.29) is 11.3 Å². The molecule has 1 aromatic rings. The van der Waals surface area contributed by atoms with Crippen LogP contribution in [0.1, 0.15) is 33.7 Å². The van der Waals surface area contributed by atoms with Crippen LogP contribution >= 0.6 is 0 Å². The molecule has 1 aliphatic carbocycles. The van der Waals surface area contributed by atoms with Crippen LogP contribution < -0.4 is 0 Å². The van der Waals surface area contributed by atoms with Crippen molar-refractivity contribution in [1.82, 2.24) is 4.98 Å². The van der Waals surface area contributed by atoms with Crippen molar-refractivity contribution >= 4 is 5.97 Å². The molecule has 0 amide bonds. The van der Waals surface area contributed by atoms with E-state index in [1.807, 2.05) is 6.07 Å². The molecule has 0 aliphatic heterocycles. The summed E-state index contributed by atoms with van der Waals surface area (Å²) in [6.07, 6.45) is 2.72. The lowest BCUT2D eigenvalue weighted by molar-refractivity contribution is 0.0690. The second-order valence-electron chi connectivity index (χ2n) is 3.26. The highest BCUT2D eigenvalue weighted by Gasteiger charge is 2.19. The van der Waals surface area contributed by atoms with Crippen LogP contribution in [-0.2, 0) is 12.8 Å². The Labute approximate surface area is 80.8 Å². The second-order valence-corrected chi connectivity index (χ2v) is 3.26. The smallest absolute Gasteiger partial charge is 0.355 e. The third-order valence-corrected chi connectivity index (χ3v) is 2.37. The van der Waals surface area contributed by atoms with E-state index in [0.717, 1.165) is 30.5 Å². The van der Waals surface area contributed by atoms with E-state index < -0.39 is 5.97 Å². The van der Waals surface area contributed by atoms with E-state index >= 15 is 0 Å². The maximum Gasteiger partial charge on any atom is 0.355 e. The largest absolute Gasteiger partial charge is 0.476 e. The monoisotopic (exact) mass is 188 g/mol. The molecule has 0 aromatic carbocycles. The number of rotatable bonds is 1. The van der Waals surface area contributed by atoms with E-state index in [1.165, 1.54) is 0 Å². The van der Waals surface area contributed by atoms with Crippen LogP contribution in [0.25, 0.3) is 0 Å². The Hall–Kier alpha value is -1.89. The fourth-order valence-corrected chi connectivity index (χ4v) is 1.72. The minimum Gasteiger partial charge on any atom is -0.476 e. The van der Waals surface area contributed by atoms with Crippen molar-refractivity contribution in [1.29, 1.82) is 5.26 Å². The molecule has 1 aromatic heterocycles. The van der Waals surface area contributed by atoms with Gasteiger partial charge in [0.2, 0.25) is 0 Å². The van der Waals surface area contributed by atoms with Crippen LogP contribution in [0.2, 0.25) is 0 Å². The fourth-order valence-electron chi connectivity index (χ4n) is 1.72. The van der Waals surface area contributed by atoms with Crippen LogP contribution in [0.4, 0.5) is 0 Å². The third-order valence-electron chi connectivity index (χ3n) is 2.37. The molecule has 0 spiro atoms. The van der Waals surface area contributed by atoms with Gasteiger partial charge in [0.15, 0.2) is 5.69 Å². The Bertz CT molecular complexity index is 446. The molecule has 4 nitrogen and oxygen atoms in total. The first-order chi connectivity index (χ1) is 6.72. The maximum absolute atomic E-state index is 10.8. The predicted molar refractivity (Wildman–Crippen MR) is 47.9 cm³/mol. The molecule has 4 heteroatoms.